The van der Waals surface area contributed by atoms with E-state index < -0.39 is 0 Å². The summed E-state index contributed by atoms with van der Waals surface area (Å²) in [7, 11) is 0. The monoisotopic (exact) mass is 408 g/mol. The Hall–Kier alpha value is -3.07. The molecule has 2 aliphatic rings. The first kappa shape index (κ1) is 17.8. The van der Waals surface area contributed by atoms with Crippen LogP contribution in [0.3, 0.4) is 0 Å². The van der Waals surface area contributed by atoms with Crippen LogP contribution in [0.15, 0.2) is 29.0 Å². The predicted octanol–water partition coefficient (Wildman–Crippen LogP) is 3.56. The minimum Gasteiger partial charge on any atom is -0.372 e. The van der Waals surface area contributed by atoms with E-state index in [0.717, 1.165) is 12.8 Å². The van der Waals surface area contributed by atoms with E-state index in [1.54, 1.807) is 16.8 Å². The van der Waals surface area contributed by atoms with Gasteiger partial charge in [-0.05, 0) is 38.8 Å². The average Bonchev–Trinajstić information content (AvgIpc) is 3.29. The minimum absolute atomic E-state index is 0.0232. The smallest absolute Gasteiger partial charge is 0.280 e. The van der Waals surface area contributed by atoms with Crippen molar-refractivity contribution in [2.24, 2.45) is 0 Å². The van der Waals surface area contributed by atoms with E-state index in [2.05, 4.69) is 20.0 Å². The normalized spacial score (nSPS) is 22.3. The Morgan fingerprint density at radius 1 is 1.10 bits per heavy atom. The Bertz CT molecular complexity index is 1250. The standard InChI is InChI=1S/C21H21FN6O2/c1-11-8-27(9-12(2)29-11)19-16-14(22)4-3-5-15(16)28-10-23-17(20(28)25-19)21-24-18(26-30-21)13-6-7-13/h3-5,10-13H,6-9H2,1-2H3. The van der Waals surface area contributed by atoms with Crippen LogP contribution in [0.1, 0.15) is 38.4 Å². The molecule has 0 spiro atoms. The summed E-state index contributed by atoms with van der Waals surface area (Å²) in [6, 6.07) is 5.03. The number of nitrogens with zero attached hydrogens (tertiary/aromatic N) is 6. The zero-order chi connectivity index (χ0) is 20.4. The highest BCUT2D eigenvalue weighted by Crippen LogP contribution is 2.39. The Balaban J connectivity index is 1.57. The number of morpholine rings is 1. The van der Waals surface area contributed by atoms with Crippen LogP contribution in [0.5, 0.6) is 0 Å². The molecule has 4 heterocycles. The van der Waals surface area contributed by atoms with E-state index in [4.69, 9.17) is 14.2 Å². The fraction of sp³-hybridized carbons (Fsp3) is 0.429. The first-order chi connectivity index (χ1) is 14.6. The number of fused-ring (bicyclic) bond motifs is 3. The molecule has 2 fully saturated rings. The summed E-state index contributed by atoms with van der Waals surface area (Å²) >= 11 is 0. The highest BCUT2D eigenvalue weighted by atomic mass is 19.1. The molecule has 6 rings (SSSR count). The molecule has 8 nitrogen and oxygen atoms in total. The van der Waals surface area contributed by atoms with Crippen LogP contribution in [-0.2, 0) is 4.74 Å². The molecule has 3 aromatic heterocycles. The van der Waals surface area contributed by atoms with Crippen molar-refractivity contribution in [3.63, 3.8) is 0 Å². The third-order valence-corrected chi connectivity index (χ3v) is 5.73. The highest BCUT2D eigenvalue weighted by Gasteiger charge is 2.31. The van der Waals surface area contributed by atoms with Gasteiger partial charge in [-0.15, -0.1) is 0 Å². The van der Waals surface area contributed by atoms with Crippen LogP contribution >= 0.6 is 0 Å². The minimum atomic E-state index is -0.312. The quantitative estimate of drug-likeness (QED) is 0.513. The summed E-state index contributed by atoms with van der Waals surface area (Å²) in [5, 5.41) is 4.57. The molecule has 0 amide bonds. The molecular weight excluding hydrogens is 387 g/mol. The first-order valence-corrected chi connectivity index (χ1v) is 10.3. The third-order valence-electron chi connectivity index (χ3n) is 5.73. The van der Waals surface area contributed by atoms with E-state index in [1.165, 1.54) is 6.07 Å². The van der Waals surface area contributed by atoms with Gasteiger partial charge in [0.15, 0.2) is 17.2 Å². The van der Waals surface area contributed by atoms with E-state index in [1.807, 2.05) is 19.9 Å². The largest absolute Gasteiger partial charge is 0.372 e. The summed E-state index contributed by atoms with van der Waals surface area (Å²) < 4.78 is 28.1. The van der Waals surface area contributed by atoms with Gasteiger partial charge in [-0.25, -0.2) is 14.4 Å². The number of ether oxygens (including phenoxy) is 1. The summed E-state index contributed by atoms with van der Waals surface area (Å²) in [6.45, 7) is 5.29. The summed E-state index contributed by atoms with van der Waals surface area (Å²) in [5.74, 6) is 1.71. The first-order valence-electron chi connectivity index (χ1n) is 10.3. The van der Waals surface area contributed by atoms with Crippen LogP contribution in [0.25, 0.3) is 28.1 Å². The number of imidazole rings is 1. The molecule has 2 unspecified atom stereocenters. The van der Waals surface area contributed by atoms with Crippen molar-refractivity contribution in [1.29, 1.82) is 0 Å². The Morgan fingerprint density at radius 2 is 1.90 bits per heavy atom. The van der Waals surface area contributed by atoms with Gasteiger partial charge in [0.05, 0.1) is 23.1 Å². The van der Waals surface area contributed by atoms with Crippen molar-refractivity contribution in [3.8, 4) is 11.6 Å². The van der Waals surface area contributed by atoms with Crippen LogP contribution in [-0.4, -0.2) is 49.8 Å². The highest BCUT2D eigenvalue weighted by molar-refractivity contribution is 5.94. The van der Waals surface area contributed by atoms with Crippen LogP contribution in [0.2, 0.25) is 0 Å². The molecule has 4 aromatic rings. The molecule has 0 bridgehead atoms. The van der Waals surface area contributed by atoms with Gasteiger partial charge in [0.1, 0.15) is 18.0 Å². The number of hydrogen-bond donors (Lipinski definition) is 0. The van der Waals surface area contributed by atoms with Gasteiger partial charge in [-0.1, -0.05) is 11.2 Å². The zero-order valence-corrected chi connectivity index (χ0v) is 16.7. The molecule has 1 saturated carbocycles. The molecule has 9 heteroatoms. The van der Waals surface area contributed by atoms with Gasteiger partial charge in [-0.3, -0.25) is 4.40 Å². The molecular formula is C21H21FN6O2. The number of aromatic nitrogens is 5. The van der Waals surface area contributed by atoms with Crippen molar-refractivity contribution in [3.05, 3.63) is 36.2 Å². The molecule has 154 valence electrons. The Labute approximate surface area is 171 Å². The van der Waals surface area contributed by atoms with E-state index in [9.17, 15) is 4.39 Å². The average molecular weight is 408 g/mol. The molecule has 0 N–H and O–H groups in total. The van der Waals surface area contributed by atoms with Gasteiger partial charge in [0, 0.05) is 19.0 Å². The van der Waals surface area contributed by atoms with Crippen molar-refractivity contribution < 1.29 is 13.7 Å². The van der Waals surface area contributed by atoms with Crippen molar-refractivity contribution in [2.45, 2.75) is 44.8 Å². The van der Waals surface area contributed by atoms with Gasteiger partial charge < -0.3 is 14.2 Å². The van der Waals surface area contributed by atoms with Crippen molar-refractivity contribution in [1.82, 2.24) is 24.5 Å². The van der Waals surface area contributed by atoms with Crippen molar-refractivity contribution in [2.75, 3.05) is 18.0 Å². The maximum absolute atomic E-state index is 15.0. The lowest BCUT2D eigenvalue weighted by Crippen LogP contribution is -2.46. The molecule has 1 aliphatic heterocycles. The number of hydrogen-bond acceptors (Lipinski definition) is 7. The Kier molecular flexibility index (Phi) is 3.83. The zero-order valence-electron chi connectivity index (χ0n) is 16.7. The van der Waals surface area contributed by atoms with Gasteiger partial charge >= 0.3 is 0 Å². The summed E-state index contributed by atoms with van der Waals surface area (Å²) in [5.41, 5.74) is 1.78. The molecule has 1 aliphatic carbocycles. The van der Waals surface area contributed by atoms with E-state index in [0.29, 0.717) is 58.8 Å². The van der Waals surface area contributed by atoms with Crippen LogP contribution in [0, 0.1) is 5.82 Å². The van der Waals surface area contributed by atoms with E-state index in [-0.39, 0.29) is 18.0 Å². The molecule has 0 radical (unpaired) electrons. The fourth-order valence-corrected chi connectivity index (χ4v) is 4.29. The number of rotatable bonds is 3. The number of halogens is 1. The topological polar surface area (TPSA) is 81.6 Å². The van der Waals surface area contributed by atoms with Gasteiger partial charge in [0.2, 0.25) is 0 Å². The van der Waals surface area contributed by atoms with Gasteiger partial charge in [0.25, 0.3) is 5.89 Å². The SMILES string of the molecule is CC1CN(c2nc3c(-c4nc(C5CC5)no4)ncn3c3cccc(F)c23)CC(C)O1. The lowest BCUT2D eigenvalue weighted by atomic mass is 10.1. The second-order valence-corrected chi connectivity index (χ2v) is 8.25. The molecule has 2 atom stereocenters. The van der Waals surface area contributed by atoms with Crippen molar-refractivity contribution >= 4 is 22.4 Å². The predicted molar refractivity (Wildman–Crippen MR) is 108 cm³/mol. The number of benzene rings is 1. The molecule has 30 heavy (non-hydrogen) atoms. The maximum atomic E-state index is 15.0. The Morgan fingerprint density at radius 3 is 2.67 bits per heavy atom. The second-order valence-electron chi connectivity index (χ2n) is 8.25. The second kappa shape index (κ2) is 6.46. The van der Waals surface area contributed by atoms with Crippen LogP contribution < -0.4 is 4.90 Å². The number of anilines is 1. The lowest BCUT2D eigenvalue weighted by molar-refractivity contribution is -0.00536. The molecule has 1 saturated heterocycles. The lowest BCUT2D eigenvalue weighted by Gasteiger charge is -2.36. The summed E-state index contributed by atoms with van der Waals surface area (Å²) in [6.07, 6.45) is 3.85. The summed E-state index contributed by atoms with van der Waals surface area (Å²) in [4.78, 5) is 16.0. The van der Waals surface area contributed by atoms with Crippen LogP contribution in [0.4, 0.5) is 10.2 Å². The third kappa shape index (κ3) is 2.76. The maximum Gasteiger partial charge on any atom is 0.280 e. The van der Waals surface area contributed by atoms with E-state index >= 15 is 0 Å². The molecule has 1 aromatic carbocycles. The fourth-order valence-electron chi connectivity index (χ4n) is 4.29. The van der Waals surface area contributed by atoms with Gasteiger partial charge in [-0.2, -0.15) is 4.98 Å².